The lowest BCUT2D eigenvalue weighted by Crippen LogP contribution is -2.52. The van der Waals surface area contributed by atoms with E-state index in [2.05, 4.69) is 0 Å². The Kier molecular flexibility index (Phi) is 6.07. The highest BCUT2D eigenvalue weighted by molar-refractivity contribution is 5.99. The first-order chi connectivity index (χ1) is 12.6. The van der Waals surface area contributed by atoms with Crippen molar-refractivity contribution in [2.75, 3.05) is 7.11 Å². The van der Waals surface area contributed by atoms with Crippen LogP contribution in [0.3, 0.4) is 0 Å². The fourth-order valence-electron chi connectivity index (χ4n) is 3.55. The van der Waals surface area contributed by atoms with Gasteiger partial charge in [-0.2, -0.15) is 0 Å². The van der Waals surface area contributed by atoms with Crippen molar-refractivity contribution in [3.05, 3.63) is 22.3 Å². The minimum absolute atomic E-state index is 0.345. The molecule has 3 atom stereocenters. The first-order valence-electron chi connectivity index (χ1n) is 9.37. The van der Waals surface area contributed by atoms with Crippen LogP contribution in [-0.2, 0) is 20.7 Å². The van der Waals surface area contributed by atoms with E-state index in [-0.39, 0.29) is 6.10 Å². The second-order valence-corrected chi connectivity index (χ2v) is 7.49. The van der Waals surface area contributed by atoms with Crippen molar-refractivity contribution in [1.29, 1.82) is 0 Å². The van der Waals surface area contributed by atoms with Gasteiger partial charge < -0.3 is 19.3 Å². The molecular weight excluding hydrogens is 348 g/mol. The molecule has 1 aromatic carbocycles. The second kappa shape index (κ2) is 7.79. The molecule has 1 N–H and O–H groups in total. The zero-order valence-corrected chi connectivity index (χ0v) is 17.3. The lowest BCUT2D eigenvalue weighted by Gasteiger charge is -2.37. The average Bonchev–Trinajstić information content (AvgIpc) is 2.65. The largest absolute Gasteiger partial charge is 0.496 e. The number of carbonyl (C=O) groups is 2. The van der Waals surface area contributed by atoms with Crippen molar-refractivity contribution >= 4 is 11.9 Å². The first-order valence-corrected chi connectivity index (χ1v) is 9.37. The zero-order chi connectivity index (χ0) is 20.5. The lowest BCUT2D eigenvalue weighted by atomic mass is 9.79. The van der Waals surface area contributed by atoms with Gasteiger partial charge in [0.15, 0.2) is 5.41 Å². The van der Waals surface area contributed by atoms with Crippen LogP contribution < -0.4 is 9.47 Å². The third-order valence-electron chi connectivity index (χ3n) is 5.83. The first kappa shape index (κ1) is 21.1. The minimum Gasteiger partial charge on any atom is -0.496 e. The summed E-state index contributed by atoms with van der Waals surface area (Å²) in [5, 5.41) is 9.85. The van der Waals surface area contributed by atoms with Gasteiger partial charge in [0.25, 0.3) is 0 Å². The van der Waals surface area contributed by atoms with Gasteiger partial charge in [-0.25, -0.2) is 0 Å². The molecule has 3 unspecified atom stereocenters. The number of aliphatic carboxylic acids is 1. The zero-order valence-electron chi connectivity index (χ0n) is 17.3. The van der Waals surface area contributed by atoms with Gasteiger partial charge in [0.2, 0.25) is 0 Å². The third kappa shape index (κ3) is 3.49. The van der Waals surface area contributed by atoms with Crippen molar-refractivity contribution in [2.45, 2.75) is 73.0 Å². The molecular formula is C21H30O6. The molecule has 0 radical (unpaired) electrons. The Morgan fingerprint density at radius 3 is 2.41 bits per heavy atom. The van der Waals surface area contributed by atoms with Crippen LogP contribution in [0, 0.1) is 26.2 Å². The van der Waals surface area contributed by atoms with Gasteiger partial charge in [0.1, 0.15) is 17.6 Å². The highest BCUT2D eigenvalue weighted by Crippen LogP contribution is 2.44. The Morgan fingerprint density at radius 1 is 1.26 bits per heavy atom. The molecule has 0 aliphatic carbocycles. The summed E-state index contributed by atoms with van der Waals surface area (Å²) < 4.78 is 17.0. The molecule has 0 amide bonds. The van der Waals surface area contributed by atoms with Gasteiger partial charge in [0.05, 0.1) is 13.2 Å². The number of carbonyl (C=O) groups excluding carboxylic acids is 1. The van der Waals surface area contributed by atoms with E-state index in [0.29, 0.717) is 25.0 Å². The van der Waals surface area contributed by atoms with Crippen LogP contribution in [-0.4, -0.2) is 36.4 Å². The van der Waals surface area contributed by atoms with E-state index in [1.165, 1.54) is 6.92 Å². The number of fused-ring (bicyclic) bond motifs is 1. The normalized spacial score (nSPS) is 19.3. The molecule has 0 aromatic heterocycles. The summed E-state index contributed by atoms with van der Waals surface area (Å²) in [7, 11) is 1.64. The number of ether oxygens (including phenoxy) is 3. The molecule has 150 valence electrons. The highest BCUT2D eigenvalue weighted by atomic mass is 16.6. The molecule has 27 heavy (non-hydrogen) atoms. The maximum Gasteiger partial charge on any atom is 0.327 e. The van der Waals surface area contributed by atoms with Gasteiger partial charge in [-0.3, -0.25) is 9.59 Å². The fourth-order valence-corrected chi connectivity index (χ4v) is 3.55. The number of hydrogen-bond donors (Lipinski definition) is 1. The number of methoxy groups -OCH3 is 1. The summed E-state index contributed by atoms with van der Waals surface area (Å²) >= 11 is 0. The fraction of sp³-hybridized carbons (Fsp3) is 0.619. The molecule has 1 aliphatic heterocycles. The van der Waals surface area contributed by atoms with Crippen molar-refractivity contribution < 1.29 is 28.9 Å². The van der Waals surface area contributed by atoms with E-state index in [4.69, 9.17) is 14.2 Å². The standard InChI is InChI=1S/C21H30O6/c1-8-11(2)26-20(24)21(6,19(22)23)16-10-9-15-14(5)17(25-7)12(3)13(4)18(15)27-16/h11,16H,8-10H2,1-7H3,(H,22,23). The summed E-state index contributed by atoms with van der Waals surface area (Å²) in [5.74, 6) is -0.502. The van der Waals surface area contributed by atoms with Crippen LogP contribution in [0.4, 0.5) is 0 Å². The molecule has 6 nitrogen and oxygen atoms in total. The van der Waals surface area contributed by atoms with E-state index in [0.717, 1.165) is 28.0 Å². The summed E-state index contributed by atoms with van der Waals surface area (Å²) in [5.41, 5.74) is 2.09. The molecule has 0 spiro atoms. The van der Waals surface area contributed by atoms with Crippen molar-refractivity contribution in [3.63, 3.8) is 0 Å². The predicted octanol–water partition coefficient (Wildman–Crippen LogP) is 3.75. The monoisotopic (exact) mass is 378 g/mol. The summed E-state index contributed by atoms with van der Waals surface area (Å²) in [6.45, 7) is 10.9. The van der Waals surface area contributed by atoms with Crippen molar-refractivity contribution in [2.24, 2.45) is 5.41 Å². The van der Waals surface area contributed by atoms with Crippen molar-refractivity contribution in [1.82, 2.24) is 0 Å². The predicted molar refractivity (Wildman–Crippen MR) is 102 cm³/mol. The number of esters is 1. The maximum atomic E-state index is 12.7. The van der Waals surface area contributed by atoms with E-state index in [9.17, 15) is 14.7 Å². The average molecular weight is 378 g/mol. The Labute approximate surface area is 160 Å². The topological polar surface area (TPSA) is 82.1 Å². The highest BCUT2D eigenvalue weighted by Gasteiger charge is 2.53. The Morgan fingerprint density at radius 2 is 1.89 bits per heavy atom. The lowest BCUT2D eigenvalue weighted by molar-refractivity contribution is -0.178. The van der Waals surface area contributed by atoms with E-state index in [1.54, 1.807) is 14.0 Å². The number of rotatable bonds is 6. The number of carboxylic acids is 1. The second-order valence-electron chi connectivity index (χ2n) is 7.49. The van der Waals surface area contributed by atoms with Crippen LogP contribution in [0.5, 0.6) is 11.5 Å². The quantitative estimate of drug-likeness (QED) is 0.600. The number of benzene rings is 1. The molecule has 2 rings (SSSR count). The SMILES string of the molecule is CCC(C)OC(=O)C(C)(C(=O)O)C1CCc2c(C)c(OC)c(C)c(C)c2O1. The van der Waals surface area contributed by atoms with E-state index >= 15 is 0 Å². The summed E-state index contributed by atoms with van der Waals surface area (Å²) in [4.78, 5) is 24.8. The van der Waals surface area contributed by atoms with Gasteiger partial charge >= 0.3 is 11.9 Å². The van der Waals surface area contributed by atoms with Gasteiger partial charge in [-0.15, -0.1) is 0 Å². The van der Waals surface area contributed by atoms with Crippen LogP contribution >= 0.6 is 0 Å². The van der Waals surface area contributed by atoms with E-state index in [1.807, 2.05) is 27.7 Å². The molecule has 0 bridgehead atoms. The molecule has 0 saturated carbocycles. The van der Waals surface area contributed by atoms with Crippen LogP contribution in [0.25, 0.3) is 0 Å². The number of carboxylic acid groups (broad SMARTS) is 1. The minimum atomic E-state index is -1.77. The Bertz CT molecular complexity index is 754. The third-order valence-corrected chi connectivity index (χ3v) is 5.83. The smallest absolute Gasteiger partial charge is 0.327 e. The Hall–Kier alpha value is -2.24. The molecule has 0 saturated heterocycles. The summed E-state index contributed by atoms with van der Waals surface area (Å²) in [6.07, 6.45) is 0.501. The van der Waals surface area contributed by atoms with Gasteiger partial charge in [-0.05, 0) is 70.6 Å². The van der Waals surface area contributed by atoms with Gasteiger partial charge in [-0.1, -0.05) is 6.92 Å². The van der Waals surface area contributed by atoms with Crippen molar-refractivity contribution in [3.8, 4) is 11.5 Å². The maximum absolute atomic E-state index is 12.7. The van der Waals surface area contributed by atoms with Gasteiger partial charge in [0, 0.05) is 5.56 Å². The van der Waals surface area contributed by atoms with Crippen LogP contribution in [0.15, 0.2) is 0 Å². The molecule has 1 aliphatic rings. The Balaban J connectivity index is 2.45. The molecule has 1 heterocycles. The molecule has 0 fully saturated rings. The van der Waals surface area contributed by atoms with E-state index < -0.39 is 23.5 Å². The van der Waals surface area contributed by atoms with Crippen LogP contribution in [0.1, 0.15) is 55.9 Å². The number of hydrogen-bond acceptors (Lipinski definition) is 5. The molecule has 1 aromatic rings. The molecule has 6 heteroatoms. The summed E-state index contributed by atoms with van der Waals surface area (Å²) in [6, 6.07) is 0. The van der Waals surface area contributed by atoms with Crippen LogP contribution in [0.2, 0.25) is 0 Å².